The third kappa shape index (κ3) is 5.65. The van der Waals surface area contributed by atoms with E-state index in [1.54, 1.807) is 0 Å². The fourth-order valence-corrected chi connectivity index (χ4v) is 2.45. The second-order valence-electron chi connectivity index (χ2n) is 6.18. The Kier molecular flexibility index (Phi) is 6.36. The SMILES string of the molecule is Cc1ccc(C(C)NC(C)CCCC(C)C)c(O)c1. The first-order valence-corrected chi connectivity index (χ1v) is 7.45. The molecule has 2 unspecified atom stereocenters. The summed E-state index contributed by atoms with van der Waals surface area (Å²) >= 11 is 0. The van der Waals surface area contributed by atoms with E-state index in [9.17, 15) is 5.11 Å². The fourth-order valence-electron chi connectivity index (χ4n) is 2.45. The van der Waals surface area contributed by atoms with Crippen molar-refractivity contribution in [3.63, 3.8) is 0 Å². The molecule has 108 valence electrons. The van der Waals surface area contributed by atoms with Crippen LogP contribution in [0.5, 0.6) is 5.75 Å². The molecule has 2 atom stereocenters. The molecule has 0 aliphatic heterocycles. The first kappa shape index (κ1) is 16.0. The summed E-state index contributed by atoms with van der Waals surface area (Å²) in [5.41, 5.74) is 2.08. The van der Waals surface area contributed by atoms with Gasteiger partial charge in [-0.2, -0.15) is 0 Å². The van der Waals surface area contributed by atoms with E-state index in [-0.39, 0.29) is 6.04 Å². The van der Waals surface area contributed by atoms with Crippen molar-refractivity contribution in [1.82, 2.24) is 5.32 Å². The first-order chi connectivity index (χ1) is 8.90. The molecule has 0 radical (unpaired) electrons. The van der Waals surface area contributed by atoms with Gasteiger partial charge >= 0.3 is 0 Å². The van der Waals surface area contributed by atoms with Gasteiger partial charge in [0.1, 0.15) is 5.75 Å². The highest BCUT2D eigenvalue weighted by molar-refractivity contribution is 5.37. The lowest BCUT2D eigenvalue weighted by Gasteiger charge is -2.21. The molecule has 0 heterocycles. The van der Waals surface area contributed by atoms with E-state index in [1.165, 1.54) is 19.3 Å². The van der Waals surface area contributed by atoms with Crippen molar-refractivity contribution >= 4 is 0 Å². The quantitative estimate of drug-likeness (QED) is 0.755. The highest BCUT2D eigenvalue weighted by Gasteiger charge is 2.13. The van der Waals surface area contributed by atoms with Gasteiger partial charge in [0.2, 0.25) is 0 Å². The maximum absolute atomic E-state index is 9.98. The van der Waals surface area contributed by atoms with Crippen molar-refractivity contribution in [3.05, 3.63) is 29.3 Å². The number of rotatable bonds is 7. The Morgan fingerprint density at radius 3 is 2.37 bits per heavy atom. The molecule has 0 saturated carbocycles. The molecule has 1 rings (SSSR count). The van der Waals surface area contributed by atoms with Crippen LogP contribution in [0.15, 0.2) is 18.2 Å². The zero-order valence-corrected chi connectivity index (χ0v) is 13.0. The van der Waals surface area contributed by atoms with Crippen LogP contribution in [0.4, 0.5) is 0 Å². The predicted molar refractivity (Wildman–Crippen MR) is 82.5 cm³/mol. The van der Waals surface area contributed by atoms with E-state index >= 15 is 0 Å². The summed E-state index contributed by atoms with van der Waals surface area (Å²) in [6.07, 6.45) is 3.74. The molecule has 0 spiro atoms. The van der Waals surface area contributed by atoms with Crippen molar-refractivity contribution in [2.75, 3.05) is 0 Å². The summed E-state index contributed by atoms with van der Waals surface area (Å²) in [4.78, 5) is 0. The summed E-state index contributed by atoms with van der Waals surface area (Å²) in [5, 5.41) is 13.6. The Labute approximate surface area is 118 Å². The topological polar surface area (TPSA) is 32.3 Å². The second-order valence-corrected chi connectivity index (χ2v) is 6.18. The minimum absolute atomic E-state index is 0.189. The number of phenolic OH excluding ortho intramolecular Hbond substituents is 1. The zero-order chi connectivity index (χ0) is 14.4. The van der Waals surface area contributed by atoms with Gasteiger partial charge in [-0.25, -0.2) is 0 Å². The third-order valence-corrected chi connectivity index (χ3v) is 3.61. The van der Waals surface area contributed by atoms with Gasteiger partial charge in [-0.05, 0) is 44.7 Å². The standard InChI is InChI=1S/C17H29NO/c1-12(2)7-6-8-14(4)18-15(5)16-10-9-13(3)11-17(16)19/h9-12,14-15,18-19H,6-8H2,1-5H3. The Morgan fingerprint density at radius 2 is 1.79 bits per heavy atom. The van der Waals surface area contributed by atoms with Crippen molar-refractivity contribution in [3.8, 4) is 5.75 Å². The lowest BCUT2D eigenvalue weighted by atomic mass is 10.0. The molecule has 19 heavy (non-hydrogen) atoms. The molecule has 2 N–H and O–H groups in total. The largest absolute Gasteiger partial charge is 0.508 e. The van der Waals surface area contributed by atoms with Crippen LogP contribution in [-0.4, -0.2) is 11.1 Å². The van der Waals surface area contributed by atoms with Gasteiger partial charge in [0.25, 0.3) is 0 Å². The van der Waals surface area contributed by atoms with Crippen molar-refractivity contribution < 1.29 is 5.11 Å². The van der Waals surface area contributed by atoms with Crippen LogP contribution in [0.25, 0.3) is 0 Å². The fraction of sp³-hybridized carbons (Fsp3) is 0.647. The summed E-state index contributed by atoms with van der Waals surface area (Å²) in [6, 6.07) is 6.57. The van der Waals surface area contributed by atoms with E-state index in [2.05, 4.69) is 39.1 Å². The smallest absolute Gasteiger partial charge is 0.120 e. The Hall–Kier alpha value is -1.02. The molecule has 0 bridgehead atoms. The van der Waals surface area contributed by atoms with Gasteiger partial charge in [0, 0.05) is 17.6 Å². The summed E-state index contributed by atoms with van der Waals surface area (Å²) in [5.74, 6) is 1.18. The number of phenols is 1. The molecular formula is C17H29NO. The van der Waals surface area contributed by atoms with Crippen LogP contribution in [0.2, 0.25) is 0 Å². The van der Waals surface area contributed by atoms with Crippen molar-refractivity contribution in [2.24, 2.45) is 5.92 Å². The minimum Gasteiger partial charge on any atom is -0.508 e. The molecule has 0 amide bonds. The molecule has 0 aromatic heterocycles. The molecule has 2 nitrogen and oxygen atoms in total. The monoisotopic (exact) mass is 263 g/mol. The number of hydrogen-bond acceptors (Lipinski definition) is 2. The molecule has 0 aliphatic carbocycles. The van der Waals surface area contributed by atoms with E-state index < -0.39 is 0 Å². The summed E-state index contributed by atoms with van der Waals surface area (Å²) < 4.78 is 0. The van der Waals surface area contributed by atoms with Gasteiger partial charge in [-0.3, -0.25) is 0 Å². The van der Waals surface area contributed by atoms with Gasteiger partial charge in [-0.15, -0.1) is 0 Å². The number of hydrogen-bond donors (Lipinski definition) is 2. The van der Waals surface area contributed by atoms with Crippen molar-refractivity contribution in [1.29, 1.82) is 0 Å². The van der Waals surface area contributed by atoms with Crippen molar-refractivity contribution in [2.45, 2.75) is 66.0 Å². The van der Waals surface area contributed by atoms with Gasteiger partial charge in [-0.1, -0.05) is 38.8 Å². The van der Waals surface area contributed by atoms with Gasteiger partial charge < -0.3 is 10.4 Å². The highest BCUT2D eigenvalue weighted by Crippen LogP contribution is 2.25. The molecule has 2 heteroatoms. The van der Waals surface area contributed by atoms with E-state index in [0.29, 0.717) is 11.8 Å². The average molecular weight is 263 g/mol. The van der Waals surface area contributed by atoms with E-state index in [4.69, 9.17) is 0 Å². The molecule has 1 aromatic rings. The predicted octanol–water partition coefficient (Wildman–Crippen LogP) is 4.57. The number of nitrogens with one attached hydrogen (secondary N) is 1. The van der Waals surface area contributed by atoms with Gasteiger partial charge in [0.05, 0.1) is 0 Å². The maximum Gasteiger partial charge on any atom is 0.120 e. The summed E-state index contributed by atoms with van der Waals surface area (Å²) in [7, 11) is 0. The van der Waals surface area contributed by atoms with Crippen LogP contribution in [0.1, 0.15) is 64.1 Å². The van der Waals surface area contributed by atoms with Crippen LogP contribution in [-0.2, 0) is 0 Å². The Bertz CT molecular complexity index is 387. The second kappa shape index (κ2) is 7.54. The summed E-state index contributed by atoms with van der Waals surface area (Å²) in [6.45, 7) is 10.9. The Balaban J connectivity index is 2.47. The van der Waals surface area contributed by atoms with E-state index in [0.717, 1.165) is 17.0 Å². The minimum atomic E-state index is 0.189. The maximum atomic E-state index is 9.98. The number of aromatic hydroxyl groups is 1. The Morgan fingerprint density at radius 1 is 1.11 bits per heavy atom. The highest BCUT2D eigenvalue weighted by atomic mass is 16.3. The van der Waals surface area contributed by atoms with Crippen LogP contribution < -0.4 is 5.32 Å². The van der Waals surface area contributed by atoms with Crippen LogP contribution >= 0.6 is 0 Å². The molecule has 0 aliphatic rings. The zero-order valence-electron chi connectivity index (χ0n) is 13.0. The lowest BCUT2D eigenvalue weighted by molar-refractivity contribution is 0.408. The molecule has 0 fully saturated rings. The number of benzene rings is 1. The lowest BCUT2D eigenvalue weighted by Crippen LogP contribution is -2.29. The van der Waals surface area contributed by atoms with Crippen LogP contribution in [0, 0.1) is 12.8 Å². The first-order valence-electron chi connectivity index (χ1n) is 7.45. The van der Waals surface area contributed by atoms with Crippen LogP contribution in [0.3, 0.4) is 0 Å². The van der Waals surface area contributed by atoms with E-state index in [1.807, 2.05) is 19.1 Å². The molecular weight excluding hydrogens is 234 g/mol. The number of aryl methyl sites for hydroxylation is 1. The van der Waals surface area contributed by atoms with Gasteiger partial charge in [0.15, 0.2) is 0 Å². The third-order valence-electron chi connectivity index (χ3n) is 3.61. The normalized spacial score (nSPS) is 14.6. The molecule has 1 aromatic carbocycles. The molecule has 0 saturated heterocycles. The average Bonchev–Trinajstić information content (AvgIpc) is 2.27.